The van der Waals surface area contributed by atoms with Gasteiger partial charge in [0, 0.05) is 0 Å². The van der Waals surface area contributed by atoms with Crippen LogP contribution in [-0.4, -0.2) is 18.4 Å². The van der Waals surface area contributed by atoms with E-state index in [9.17, 15) is 4.79 Å². The normalized spacial score (nSPS) is 11.8. The summed E-state index contributed by atoms with van der Waals surface area (Å²) in [5.74, 6) is 0. The van der Waals surface area contributed by atoms with Crippen LogP contribution in [0.1, 0.15) is 13.8 Å². The molecule has 0 bridgehead atoms. The first-order chi connectivity index (χ1) is 5.70. The summed E-state index contributed by atoms with van der Waals surface area (Å²) in [6, 6.07) is 0. The van der Waals surface area contributed by atoms with E-state index in [0.717, 1.165) is 0 Å². The van der Waals surface area contributed by atoms with Crippen LogP contribution in [-0.2, 0) is 4.74 Å². The number of nitrogens with zero attached hydrogens (tertiary/aromatic N) is 1. The molecule has 0 spiro atoms. The van der Waals surface area contributed by atoms with Crippen molar-refractivity contribution in [2.75, 3.05) is 6.61 Å². The van der Waals surface area contributed by atoms with Crippen molar-refractivity contribution < 1.29 is 9.53 Å². The first-order valence-electron chi connectivity index (χ1n) is 3.44. The van der Waals surface area contributed by atoms with Gasteiger partial charge in [-0.3, -0.25) is 0 Å². The van der Waals surface area contributed by atoms with Gasteiger partial charge >= 0.3 is 6.09 Å². The lowest BCUT2D eigenvalue weighted by Crippen LogP contribution is -2.19. The lowest BCUT2D eigenvalue weighted by atomic mass is 10.4. The Morgan fingerprint density at radius 3 is 2.92 bits per heavy atom. The Kier molecular flexibility index (Phi) is 6.37. The Bertz CT molecular complexity index is 202. The lowest BCUT2D eigenvalue weighted by molar-refractivity contribution is 0.152. The molecule has 0 aliphatic heterocycles. The third-order valence-corrected chi connectivity index (χ3v) is 1.17. The monoisotopic (exact) mass is 234 g/mol. The van der Waals surface area contributed by atoms with Crippen molar-refractivity contribution in [3.8, 4) is 0 Å². The number of nitrogens with one attached hydrogen (secondary N) is 1. The highest BCUT2D eigenvalue weighted by atomic mass is 79.9. The number of rotatable bonds is 3. The zero-order chi connectivity index (χ0) is 9.40. The van der Waals surface area contributed by atoms with Crippen molar-refractivity contribution in [2.45, 2.75) is 13.8 Å². The molecule has 0 atom stereocenters. The van der Waals surface area contributed by atoms with Crippen LogP contribution in [0.2, 0.25) is 0 Å². The minimum Gasteiger partial charge on any atom is -0.449 e. The van der Waals surface area contributed by atoms with Gasteiger partial charge in [0.25, 0.3) is 0 Å². The molecule has 0 aliphatic rings. The fraction of sp³-hybridized carbons (Fsp3) is 0.429. The lowest BCUT2D eigenvalue weighted by Gasteiger charge is -1.99. The van der Waals surface area contributed by atoms with Gasteiger partial charge in [0.1, 0.15) is 0 Å². The molecule has 1 amide bonds. The van der Waals surface area contributed by atoms with Gasteiger partial charge in [-0.05, 0) is 24.9 Å². The van der Waals surface area contributed by atoms with Crippen LogP contribution in [0.15, 0.2) is 16.2 Å². The van der Waals surface area contributed by atoms with Crippen molar-refractivity contribution in [3.05, 3.63) is 11.1 Å². The number of carbonyl (C=O) groups is 1. The van der Waals surface area contributed by atoms with E-state index in [-0.39, 0.29) is 0 Å². The summed E-state index contributed by atoms with van der Waals surface area (Å²) in [7, 11) is 0. The van der Waals surface area contributed by atoms with Crippen LogP contribution >= 0.6 is 15.9 Å². The highest BCUT2D eigenvalue weighted by Crippen LogP contribution is 1.85. The predicted octanol–water partition coefficient (Wildman–Crippen LogP) is 2.02. The van der Waals surface area contributed by atoms with E-state index in [1.165, 1.54) is 0 Å². The van der Waals surface area contributed by atoms with Gasteiger partial charge in [-0.25, -0.2) is 10.2 Å². The van der Waals surface area contributed by atoms with E-state index in [1.54, 1.807) is 24.9 Å². The molecule has 0 aromatic carbocycles. The summed E-state index contributed by atoms with van der Waals surface area (Å²) in [6.45, 7) is 3.83. The second kappa shape index (κ2) is 6.84. The molecule has 0 radical (unpaired) electrons. The van der Waals surface area contributed by atoms with Crippen molar-refractivity contribution >= 4 is 27.7 Å². The number of halogens is 1. The Morgan fingerprint density at radius 1 is 1.75 bits per heavy atom. The number of hydrazone groups is 1. The fourth-order valence-electron chi connectivity index (χ4n) is 0.426. The summed E-state index contributed by atoms with van der Waals surface area (Å²) in [5, 5.41) is 3.71. The molecule has 0 heterocycles. The van der Waals surface area contributed by atoms with Gasteiger partial charge in [-0.15, -0.1) is 0 Å². The summed E-state index contributed by atoms with van der Waals surface area (Å²) in [5.41, 5.74) is 2.90. The van der Waals surface area contributed by atoms with E-state index >= 15 is 0 Å². The average molecular weight is 235 g/mol. The fourth-order valence-corrected chi connectivity index (χ4v) is 0.808. The maximum Gasteiger partial charge on any atom is 0.427 e. The number of hydrogen-bond donors (Lipinski definition) is 1. The summed E-state index contributed by atoms with van der Waals surface area (Å²) in [6.07, 6.45) is 1.16. The minimum absolute atomic E-state index is 0.342. The summed E-state index contributed by atoms with van der Waals surface area (Å²) in [4.78, 5) is 12.3. The maximum absolute atomic E-state index is 10.7. The largest absolute Gasteiger partial charge is 0.449 e. The molecule has 5 heteroatoms. The number of hydrogen-bond acceptors (Lipinski definition) is 3. The van der Waals surface area contributed by atoms with Crippen molar-refractivity contribution in [1.29, 1.82) is 0 Å². The maximum atomic E-state index is 10.7. The molecule has 0 aliphatic carbocycles. The van der Waals surface area contributed by atoms with Crippen LogP contribution in [0.3, 0.4) is 0 Å². The van der Waals surface area contributed by atoms with Crippen molar-refractivity contribution in [3.63, 3.8) is 0 Å². The standard InChI is InChI=1S/C7H11BrN2O2/c1-3-12-7(11)10-9-6(2)4-5-8/h4-5H,3H2,1-2H3,(H,10,11)/b5-4+,9-6+. The third kappa shape index (κ3) is 5.91. The molecule has 1 N–H and O–H groups in total. The smallest absolute Gasteiger partial charge is 0.427 e. The predicted molar refractivity (Wildman–Crippen MR) is 51.3 cm³/mol. The van der Waals surface area contributed by atoms with Gasteiger partial charge in [-0.2, -0.15) is 5.10 Å². The Labute approximate surface area is 79.8 Å². The van der Waals surface area contributed by atoms with Crippen LogP contribution in [0.25, 0.3) is 0 Å². The zero-order valence-corrected chi connectivity index (χ0v) is 8.59. The molecule has 0 saturated carbocycles. The number of carbonyl (C=O) groups excluding carboxylic acids is 1. The van der Waals surface area contributed by atoms with E-state index in [2.05, 4.69) is 31.2 Å². The quantitative estimate of drug-likeness (QED) is 0.600. The molecular weight excluding hydrogens is 224 g/mol. The Hall–Kier alpha value is -0.840. The highest BCUT2D eigenvalue weighted by Gasteiger charge is 1.95. The highest BCUT2D eigenvalue weighted by molar-refractivity contribution is 9.11. The van der Waals surface area contributed by atoms with Crippen LogP contribution in [0, 0.1) is 0 Å². The van der Waals surface area contributed by atoms with Crippen LogP contribution in [0.4, 0.5) is 4.79 Å². The number of allylic oxidation sites excluding steroid dienone is 1. The van der Waals surface area contributed by atoms with Gasteiger partial charge in [0.05, 0.1) is 12.3 Å². The van der Waals surface area contributed by atoms with E-state index in [0.29, 0.717) is 12.3 Å². The first kappa shape index (κ1) is 11.2. The van der Waals surface area contributed by atoms with Gasteiger partial charge < -0.3 is 4.74 Å². The van der Waals surface area contributed by atoms with Gasteiger partial charge in [-0.1, -0.05) is 15.9 Å². The van der Waals surface area contributed by atoms with E-state index in [4.69, 9.17) is 0 Å². The zero-order valence-electron chi connectivity index (χ0n) is 7.00. The molecule has 0 aromatic heterocycles. The third-order valence-electron chi connectivity index (χ3n) is 0.903. The number of amides is 1. The van der Waals surface area contributed by atoms with Crippen LogP contribution < -0.4 is 5.43 Å². The molecule has 0 rings (SSSR count). The average Bonchev–Trinajstić information content (AvgIpc) is 2.02. The molecule has 12 heavy (non-hydrogen) atoms. The Morgan fingerprint density at radius 2 is 2.42 bits per heavy atom. The second-order valence-corrected chi connectivity index (χ2v) is 2.41. The topological polar surface area (TPSA) is 50.7 Å². The molecule has 68 valence electrons. The summed E-state index contributed by atoms with van der Waals surface area (Å²) < 4.78 is 4.58. The molecule has 0 saturated heterocycles. The molecule has 0 fully saturated rings. The summed E-state index contributed by atoms with van der Waals surface area (Å²) >= 11 is 3.08. The Balaban J connectivity index is 3.79. The number of ether oxygens (including phenoxy) is 1. The molecule has 0 unspecified atom stereocenters. The minimum atomic E-state index is -0.542. The van der Waals surface area contributed by atoms with Crippen molar-refractivity contribution in [2.24, 2.45) is 5.10 Å². The van der Waals surface area contributed by atoms with Crippen LogP contribution in [0.5, 0.6) is 0 Å². The van der Waals surface area contributed by atoms with E-state index < -0.39 is 6.09 Å². The van der Waals surface area contributed by atoms with Gasteiger partial charge in [0.2, 0.25) is 0 Å². The SMILES string of the molecule is CCOC(=O)N/N=C(C)/C=C/Br. The first-order valence-corrected chi connectivity index (χ1v) is 4.36. The van der Waals surface area contributed by atoms with Crippen molar-refractivity contribution in [1.82, 2.24) is 5.43 Å². The molecular formula is C7H11BrN2O2. The molecule has 4 nitrogen and oxygen atoms in total. The molecule has 0 aromatic rings. The van der Waals surface area contributed by atoms with E-state index in [1.807, 2.05) is 0 Å². The van der Waals surface area contributed by atoms with Gasteiger partial charge in [0.15, 0.2) is 0 Å². The second-order valence-electron chi connectivity index (χ2n) is 1.88.